The molecule has 2 fully saturated rings. The topological polar surface area (TPSA) is 125 Å². The van der Waals surface area contributed by atoms with Crippen molar-refractivity contribution >= 4 is 23.4 Å². The Hall–Kier alpha value is -3.54. The molecule has 2 aromatic rings. The number of likely N-dealkylation sites (N-methyl/N-ethyl adjacent to an activating group) is 1. The highest BCUT2D eigenvalue weighted by Crippen LogP contribution is 2.37. The molecule has 1 unspecified atom stereocenters. The van der Waals surface area contributed by atoms with Crippen LogP contribution in [0.2, 0.25) is 0 Å². The normalized spacial score (nSPS) is 18.6. The third-order valence-electron chi connectivity index (χ3n) is 5.86. The molecule has 2 saturated heterocycles. The van der Waals surface area contributed by atoms with E-state index in [1.807, 2.05) is 4.90 Å². The van der Waals surface area contributed by atoms with Crippen LogP contribution >= 0.6 is 0 Å². The van der Waals surface area contributed by atoms with Crippen LogP contribution in [0.15, 0.2) is 24.5 Å². The van der Waals surface area contributed by atoms with Crippen LogP contribution in [0.4, 0.5) is 26.5 Å². The molecule has 1 aromatic heterocycles. The van der Waals surface area contributed by atoms with Crippen molar-refractivity contribution in [1.82, 2.24) is 14.9 Å². The van der Waals surface area contributed by atoms with Gasteiger partial charge < -0.3 is 24.5 Å². The fourth-order valence-corrected chi connectivity index (χ4v) is 3.99. The monoisotopic (exact) mass is 446 g/mol. The number of hydrogen-bond donors (Lipinski definition) is 1. The van der Waals surface area contributed by atoms with E-state index in [0.717, 1.165) is 6.07 Å². The van der Waals surface area contributed by atoms with E-state index in [1.54, 1.807) is 4.90 Å². The van der Waals surface area contributed by atoms with Crippen molar-refractivity contribution < 1.29 is 24.0 Å². The van der Waals surface area contributed by atoms with Gasteiger partial charge in [-0.05, 0) is 6.42 Å². The van der Waals surface area contributed by atoms with Gasteiger partial charge >= 0.3 is 6.09 Å². The van der Waals surface area contributed by atoms with Crippen molar-refractivity contribution in [2.45, 2.75) is 12.5 Å². The minimum Gasteiger partial charge on any atom is -0.465 e. The Morgan fingerprint density at radius 3 is 2.56 bits per heavy atom. The smallest absolute Gasteiger partial charge is 0.407 e. The number of carboxylic acid groups (broad SMARTS) is 1. The van der Waals surface area contributed by atoms with Gasteiger partial charge in [0.25, 0.3) is 5.69 Å². The summed E-state index contributed by atoms with van der Waals surface area (Å²) in [6.45, 7) is 3.10. The van der Waals surface area contributed by atoms with Gasteiger partial charge in [0.1, 0.15) is 11.5 Å². The number of amides is 1. The van der Waals surface area contributed by atoms with Crippen molar-refractivity contribution in [3.05, 3.63) is 40.5 Å². The van der Waals surface area contributed by atoms with Crippen LogP contribution in [-0.2, 0) is 4.74 Å². The number of nitro groups is 1. The molecule has 0 aliphatic carbocycles. The van der Waals surface area contributed by atoms with Crippen LogP contribution in [0.5, 0.6) is 0 Å². The maximum Gasteiger partial charge on any atom is 0.407 e. The predicted octanol–water partition coefficient (Wildman–Crippen LogP) is 2.22. The minimum absolute atomic E-state index is 0.0346. The standard InChI is InChI=1S/C20H23FN6O5/c1-24(20(28)29)14-2-3-26(12-14)17-9-16(21)15(8-18(17)27(30)31)13-10-22-19(23-11-13)25-4-6-32-7-5-25/h8-11,14H,2-7,12H2,1H3,(H,28,29). The van der Waals surface area contributed by atoms with E-state index < -0.39 is 16.8 Å². The van der Waals surface area contributed by atoms with Gasteiger partial charge in [-0.25, -0.2) is 19.2 Å². The quantitative estimate of drug-likeness (QED) is 0.543. The molecule has 1 aromatic carbocycles. The molecule has 0 spiro atoms. The summed E-state index contributed by atoms with van der Waals surface area (Å²) in [5, 5.41) is 20.9. The summed E-state index contributed by atoms with van der Waals surface area (Å²) < 4.78 is 20.3. The van der Waals surface area contributed by atoms with E-state index in [9.17, 15) is 14.9 Å². The van der Waals surface area contributed by atoms with E-state index in [2.05, 4.69) is 9.97 Å². The summed E-state index contributed by atoms with van der Waals surface area (Å²) in [6, 6.07) is 1.99. The molecular formula is C20H23FN6O5. The van der Waals surface area contributed by atoms with Gasteiger partial charge in [0.05, 0.1) is 24.2 Å². The number of halogens is 1. The maximum atomic E-state index is 15.0. The highest BCUT2D eigenvalue weighted by molar-refractivity contribution is 5.75. The molecule has 11 nitrogen and oxygen atoms in total. The molecule has 4 rings (SSSR count). The molecule has 170 valence electrons. The zero-order valence-corrected chi connectivity index (χ0v) is 17.5. The van der Waals surface area contributed by atoms with Gasteiger partial charge in [-0.3, -0.25) is 10.1 Å². The number of nitro benzene ring substituents is 1. The molecule has 3 heterocycles. The molecule has 32 heavy (non-hydrogen) atoms. The molecule has 0 bridgehead atoms. The van der Waals surface area contributed by atoms with Crippen LogP contribution < -0.4 is 9.80 Å². The summed E-state index contributed by atoms with van der Waals surface area (Å²) in [5.41, 5.74) is 0.243. The van der Waals surface area contributed by atoms with Crippen molar-refractivity contribution in [2.75, 3.05) is 56.2 Å². The fraction of sp³-hybridized carbons (Fsp3) is 0.450. The summed E-state index contributed by atoms with van der Waals surface area (Å²) >= 11 is 0. The first-order valence-corrected chi connectivity index (χ1v) is 10.2. The van der Waals surface area contributed by atoms with Crippen molar-refractivity contribution in [3.8, 4) is 11.1 Å². The van der Waals surface area contributed by atoms with Gasteiger partial charge in [-0.2, -0.15) is 0 Å². The Morgan fingerprint density at radius 1 is 1.25 bits per heavy atom. The lowest BCUT2D eigenvalue weighted by Crippen LogP contribution is -2.38. The average Bonchev–Trinajstić information content (AvgIpc) is 3.29. The Balaban J connectivity index is 1.61. The molecule has 0 radical (unpaired) electrons. The third kappa shape index (κ3) is 4.26. The zero-order chi connectivity index (χ0) is 22.8. The predicted molar refractivity (Wildman–Crippen MR) is 114 cm³/mol. The number of nitrogens with zero attached hydrogens (tertiary/aromatic N) is 6. The highest BCUT2D eigenvalue weighted by atomic mass is 19.1. The number of carbonyl (C=O) groups is 1. The summed E-state index contributed by atoms with van der Waals surface area (Å²) in [7, 11) is 1.45. The van der Waals surface area contributed by atoms with Crippen molar-refractivity contribution in [1.29, 1.82) is 0 Å². The number of rotatable bonds is 5. The summed E-state index contributed by atoms with van der Waals surface area (Å²) in [4.78, 5) is 35.8. The molecular weight excluding hydrogens is 423 g/mol. The van der Waals surface area contributed by atoms with Gasteiger partial charge in [0.15, 0.2) is 0 Å². The Labute approximate surface area is 183 Å². The van der Waals surface area contributed by atoms with E-state index >= 15 is 4.39 Å². The van der Waals surface area contributed by atoms with Crippen LogP contribution in [0.3, 0.4) is 0 Å². The zero-order valence-electron chi connectivity index (χ0n) is 17.5. The van der Waals surface area contributed by atoms with E-state index in [-0.39, 0.29) is 29.5 Å². The minimum atomic E-state index is -1.08. The molecule has 1 amide bonds. The highest BCUT2D eigenvalue weighted by Gasteiger charge is 2.32. The third-order valence-corrected chi connectivity index (χ3v) is 5.86. The van der Waals surface area contributed by atoms with Crippen LogP contribution in [-0.4, -0.2) is 83.5 Å². The Morgan fingerprint density at radius 2 is 1.94 bits per heavy atom. The largest absolute Gasteiger partial charge is 0.465 e. The number of benzene rings is 1. The molecule has 0 saturated carbocycles. The lowest BCUT2D eigenvalue weighted by Gasteiger charge is -2.26. The first-order chi connectivity index (χ1) is 15.3. The number of hydrogen-bond acceptors (Lipinski definition) is 8. The fourth-order valence-electron chi connectivity index (χ4n) is 3.99. The van der Waals surface area contributed by atoms with E-state index in [4.69, 9.17) is 9.84 Å². The van der Waals surface area contributed by atoms with Crippen LogP contribution in [0, 0.1) is 15.9 Å². The second kappa shape index (κ2) is 8.91. The first-order valence-electron chi connectivity index (χ1n) is 10.2. The lowest BCUT2D eigenvalue weighted by molar-refractivity contribution is -0.384. The molecule has 2 aliphatic rings. The SMILES string of the molecule is CN(C(=O)O)C1CCN(c2cc(F)c(-c3cnc(N4CCOCC4)nc3)cc2[N+](=O)[O-])C1. The van der Waals surface area contributed by atoms with Gasteiger partial charge in [0, 0.05) is 68.9 Å². The van der Waals surface area contributed by atoms with Crippen LogP contribution in [0.25, 0.3) is 11.1 Å². The van der Waals surface area contributed by atoms with E-state index in [0.29, 0.717) is 50.8 Å². The van der Waals surface area contributed by atoms with Crippen molar-refractivity contribution in [3.63, 3.8) is 0 Å². The Kier molecular flexibility index (Phi) is 6.04. The first kappa shape index (κ1) is 21.7. The van der Waals surface area contributed by atoms with E-state index in [1.165, 1.54) is 30.4 Å². The maximum absolute atomic E-state index is 15.0. The Bertz CT molecular complexity index is 1010. The molecule has 1 atom stereocenters. The summed E-state index contributed by atoms with van der Waals surface area (Å²) in [6.07, 6.45) is 2.33. The second-order valence-electron chi connectivity index (χ2n) is 7.73. The summed E-state index contributed by atoms with van der Waals surface area (Å²) in [5.74, 6) is -0.141. The van der Waals surface area contributed by atoms with Crippen molar-refractivity contribution in [2.24, 2.45) is 0 Å². The molecule has 2 aliphatic heterocycles. The average molecular weight is 446 g/mol. The molecule has 12 heteroatoms. The van der Waals surface area contributed by atoms with Gasteiger partial charge in [0.2, 0.25) is 5.95 Å². The van der Waals surface area contributed by atoms with Crippen LogP contribution in [0.1, 0.15) is 6.42 Å². The van der Waals surface area contributed by atoms with Gasteiger partial charge in [-0.15, -0.1) is 0 Å². The number of ether oxygens (including phenoxy) is 1. The number of anilines is 2. The second-order valence-corrected chi connectivity index (χ2v) is 7.73. The number of aromatic nitrogens is 2. The molecule has 1 N–H and O–H groups in total. The van der Waals surface area contributed by atoms with Gasteiger partial charge in [-0.1, -0.05) is 0 Å². The number of morpholine rings is 1. The lowest BCUT2D eigenvalue weighted by atomic mass is 10.1.